The Labute approximate surface area is 246 Å². The number of alkyl carbamates (subject to hydrolysis) is 1. The molecule has 1 saturated carbocycles. The number of anilines is 1. The molecule has 226 valence electrons. The van der Waals surface area contributed by atoms with E-state index in [1.165, 1.54) is 8.99 Å². The standard InChI is InChI=1S/C28H40ClN5O6S/c1-19(2)41(37,38)33-15-13-32(14-16-33)24-18-30-34(22-8-6-7-20(29)17-22)26(35)25(24)39-23-11-9-21(10-12-23)31-27(36)40-28(3,4)5/h6-8,17-19,21,23H,9-16H2,1-5H3,(H,31,36). The number of carbonyl (C=O) groups is 1. The Morgan fingerprint density at radius 3 is 2.34 bits per heavy atom. The molecule has 2 aliphatic rings. The van der Waals surface area contributed by atoms with Crippen molar-refractivity contribution >= 4 is 33.4 Å². The maximum Gasteiger partial charge on any atom is 0.407 e. The maximum atomic E-state index is 13.8. The van der Waals surface area contributed by atoms with E-state index in [4.69, 9.17) is 21.1 Å². The lowest BCUT2D eigenvalue weighted by Crippen LogP contribution is -2.51. The Balaban J connectivity index is 1.54. The van der Waals surface area contributed by atoms with Crippen molar-refractivity contribution in [3.63, 3.8) is 0 Å². The molecular formula is C28H40ClN5O6S. The molecule has 0 spiro atoms. The molecule has 1 aliphatic carbocycles. The van der Waals surface area contributed by atoms with E-state index in [9.17, 15) is 18.0 Å². The van der Waals surface area contributed by atoms with Gasteiger partial charge < -0.3 is 19.7 Å². The largest absolute Gasteiger partial charge is 0.483 e. The van der Waals surface area contributed by atoms with E-state index in [1.807, 2.05) is 25.7 Å². The van der Waals surface area contributed by atoms with Crippen molar-refractivity contribution in [1.82, 2.24) is 19.4 Å². The van der Waals surface area contributed by atoms with Crippen molar-refractivity contribution in [2.24, 2.45) is 0 Å². The van der Waals surface area contributed by atoms with E-state index in [-0.39, 0.29) is 17.9 Å². The van der Waals surface area contributed by atoms with Gasteiger partial charge >= 0.3 is 11.7 Å². The topological polar surface area (TPSA) is 123 Å². The third kappa shape index (κ3) is 7.72. The summed E-state index contributed by atoms with van der Waals surface area (Å²) in [5, 5.41) is 7.32. The van der Waals surface area contributed by atoms with E-state index >= 15 is 0 Å². The molecule has 0 radical (unpaired) electrons. The van der Waals surface area contributed by atoms with Gasteiger partial charge in [-0.25, -0.2) is 13.2 Å². The predicted octanol–water partition coefficient (Wildman–Crippen LogP) is 3.96. The molecule has 2 fully saturated rings. The molecule has 1 amide bonds. The van der Waals surface area contributed by atoms with Gasteiger partial charge in [0.25, 0.3) is 0 Å². The highest BCUT2D eigenvalue weighted by atomic mass is 35.5. The fourth-order valence-electron chi connectivity index (χ4n) is 5.00. The first kappa shape index (κ1) is 31.1. The number of sulfonamides is 1. The highest BCUT2D eigenvalue weighted by molar-refractivity contribution is 7.89. The Bertz CT molecular complexity index is 1390. The van der Waals surface area contributed by atoms with E-state index < -0.39 is 32.5 Å². The summed E-state index contributed by atoms with van der Waals surface area (Å²) in [6.07, 6.45) is 3.55. The van der Waals surface area contributed by atoms with Crippen LogP contribution in [0.2, 0.25) is 5.02 Å². The second kappa shape index (κ2) is 12.6. The molecule has 4 rings (SSSR count). The smallest absolute Gasteiger partial charge is 0.407 e. The summed E-state index contributed by atoms with van der Waals surface area (Å²) in [6, 6.07) is 6.82. The Morgan fingerprint density at radius 1 is 1.10 bits per heavy atom. The van der Waals surface area contributed by atoms with Crippen LogP contribution in [0.1, 0.15) is 60.3 Å². The van der Waals surface area contributed by atoms with Gasteiger partial charge in [-0.05, 0) is 78.5 Å². The fourth-order valence-corrected chi connectivity index (χ4v) is 6.46. The van der Waals surface area contributed by atoms with Crippen molar-refractivity contribution in [3.8, 4) is 11.4 Å². The first-order valence-electron chi connectivity index (χ1n) is 14.0. The average Bonchev–Trinajstić information content (AvgIpc) is 2.89. The number of rotatable bonds is 7. The second-order valence-corrected chi connectivity index (χ2v) is 14.7. The number of halogens is 1. The number of aromatic nitrogens is 2. The number of carbonyl (C=O) groups excluding carboxylic acids is 1. The molecule has 0 unspecified atom stereocenters. The lowest BCUT2D eigenvalue weighted by Gasteiger charge is -2.37. The Hall–Kier alpha value is -2.83. The van der Waals surface area contributed by atoms with Crippen LogP contribution < -0.4 is 20.5 Å². The molecular weight excluding hydrogens is 570 g/mol. The zero-order valence-corrected chi connectivity index (χ0v) is 25.9. The summed E-state index contributed by atoms with van der Waals surface area (Å²) in [4.78, 5) is 28.0. The molecule has 0 atom stereocenters. The van der Waals surface area contributed by atoms with Crippen LogP contribution >= 0.6 is 11.6 Å². The van der Waals surface area contributed by atoms with Crippen molar-refractivity contribution in [3.05, 3.63) is 45.8 Å². The summed E-state index contributed by atoms with van der Waals surface area (Å²) in [5.74, 6) is 0.170. The summed E-state index contributed by atoms with van der Waals surface area (Å²) in [7, 11) is -3.38. The van der Waals surface area contributed by atoms with Crippen LogP contribution in [-0.4, -0.2) is 77.8 Å². The van der Waals surface area contributed by atoms with E-state index in [2.05, 4.69) is 10.4 Å². The average molecular weight is 610 g/mol. The van der Waals surface area contributed by atoms with Gasteiger partial charge in [0.2, 0.25) is 15.8 Å². The molecule has 1 saturated heterocycles. The molecule has 0 bridgehead atoms. The van der Waals surface area contributed by atoms with Crippen molar-refractivity contribution in [2.75, 3.05) is 31.1 Å². The van der Waals surface area contributed by atoms with Gasteiger partial charge in [0.05, 0.1) is 23.2 Å². The number of nitrogens with one attached hydrogen (secondary N) is 1. The summed E-state index contributed by atoms with van der Waals surface area (Å²) in [5.41, 5.74) is 0.0482. The number of piperazine rings is 1. The van der Waals surface area contributed by atoms with Crippen LogP contribution in [0.25, 0.3) is 5.69 Å². The van der Waals surface area contributed by atoms with E-state index in [0.29, 0.717) is 68.3 Å². The van der Waals surface area contributed by atoms with Gasteiger partial charge in [0, 0.05) is 37.2 Å². The number of ether oxygens (including phenoxy) is 2. The first-order valence-corrected chi connectivity index (χ1v) is 15.9. The number of hydrogen-bond acceptors (Lipinski definition) is 8. The quantitative estimate of drug-likeness (QED) is 0.500. The van der Waals surface area contributed by atoms with E-state index in [1.54, 1.807) is 44.3 Å². The predicted molar refractivity (Wildman–Crippen MR) is 159 cm³/mol. The summed E-state index contributed by atoms with van der Waals surface area (Å²) >= 11 is 6.18. The minimum absolute atomic E-state index is 0.0410. The number of hydrogen-bond donors (Lipinski definition) is 1. The van der Waals surface area contributed by atoms with Gasteiger partial charge in [-0.1, -0.05) is 17.7 Å². The highest BCUT2D eigenvalue weighted by Gasteiger charge is 2.32. The second-order valence-electron chi connectivity index (χ2n) is 11.8. The van der Waals surface area contributed by atoms with Crippen molar-refractivity contribution < 1.29 is 22.7 Å². The molecule has 1 aliphatic heterocycles. The number of benzene rings is 1. The van der Waals surface area contributed by atoms with Crippen LogP contribution in [0.4, 0.5) is 10.5 Å². The third-order valence-electron chi connectivity index (χ3n) is 7.18. The minimum atomic E-state index is -3.38. The Morgan fingerprint density at radius 2 is 1.76 bits per heavy atom. The first-order chi connectivity index (χ1) is 19.2. The number of amides is 1. The van der Waals surface area contributed by atoms with Gasteiger partial charge in [0.15, 0.2) is 0 Å². The fraction of sp³-hybridized carbons (Fsp3) is 0.607. The molecule has 2 heterocycles. The number of nitrogens with zero attached hydrogens (tertiary/aromatic N) is 4. The lowest BCUT2D eigenvalue weighted by molar-refractivity contribution is 0.0470. The minimum Gasteiger partial charge on any atom is -0.483 e. The molecule has 13 heteroatoms. The summed E-state index contributed by atoms with van der Waals surface area (Å²) < 4.78 is 39.9. The van der Waals surface area contributed by atoms with Gasteiger partial charge in [-0.15, -0.1) is 0 Å². The van der Waals surface area contributed by atoms with Crippen LogP contribution in [-0.2, 0) is 14.8 Å². The Kier molecular flexibility index (Phi) is 9.55. The SMILES string of the molecule is CC(C)S(=O)(=O)N1CCN(c2cnn(-c3cccc(Cl)c3)c(=O)c2OC2CCC(NC(=O)OC(C)(C)C)CC2)CC1. The van der Waals surface area contributed by atoms with Crippen LogP contribution in [0.3, 0.4) is 0 Å². The maximum absolute atomic E-state index is 13.8. The molecule has 1 N–H and O–H groups in total. The molecule has 1 aromatic carbocycles. The highest BCUT2D eigenvalue weighted by Crippen LogP contribution is 2.30. The molecule has 11 nitrogen and oxygen atoms in total. The van der Waals surface area contributed by atoms with Gasteiger partial charge in [-0.2, -0.15) is 14.1 Å². The third-order valence-corrected chi connectivity index (χ3v) is 9.69. The summed E-state index contributed by atoms with van der Waals surface area (Å²) in [6.45, 7) is 10.2. The van der Waals surface area contributed by atoms with Crippen molar-refractivity contribution in [1.29, 1.82) is 0 Å². The zero-order chi connectivity index (χ0) is 29.9. The molecule has 1 aromatic heterocycles. The van der Waals surface area contributed by atoms with Crippen LogP contribution in [0.5, 0.6) is 5.75 Å². The van der Waals surface area contributed by atoms with Crippen molar-refractivity contribution in [2.45, 2.75) is 83.3 Å². The van der Waals surface area contributed by atoms with Gasteiger partial charge in [0.1, 0.15) is 11.3 Å². The normalized spacial score (nSPS) is 20.6. The molecule has 41 heavy (non-hydrogen) atoms. The van der Waals surface area contributed by atoms with Gasteiger partial charge in [-0.3, -0.25) is 4.79 Å². The van der Waals surface area contributed by atoms with E-state index in [0.717, 1.165) is 0 Å². The van der Waals surface area contributed by atoms with Crippen LogP contribution in [0.15, 0.2) is 35.3 Å². The zero-order valence-electron chi connectivity index (χ0n) is 24.3. The monoisotopic (exact) mass is 609 g/mol. The van der Waals surface area contributed by atoms with Crippen LogP contribution in [0, 0.1) is 0 Å². The molecule has 2 aromatic rings. The lowest BCUT2D eigenvalue weighted by atomic mass is 9.93.